The smallest absolute Gasteiger partial charge is 0.143 e. The maximum absolute atomic E-state index is 6.28. The van der Waals surface area contributed by atoms with E-state index in [1.165, 1.54) is 0 Å². The highest BCUT2D eigenvalue weighted by atomic mass is 35.5. The molecular formula is C18H16ClN3O. The number of halogens is 1. The molecule has 0 saturated carbocycles. The Morgan fingerprint density at radius 2 is 2.17 bits per heavy atom. The van der Waals surface area contributed by atoms with E-state index in [9.17, 15) is 0 Å². The Balaban J connectivity index is 2.01. The van der Waals surface area contributed by atoms with Crippen LogP contribution < -0.4 is 4.74 Å². The summed E-state index contributed by atoms with van der Waals surface area (Å²) < 4.78 is 5.82. The molecule has 3 aromatic rings. The molecule has 4 nitrogen and oxygen atoms in total. The maximum Gasteiger partial charge on any atom is 0.143 e. The van der Waals surface area contributed by atoms with Crippen molar-refractivity contribution in [3.05, 3.63) is 66.1 Å². The van der Waals surface area contributed by atoms with Gasteiger partial charge in [0.05, 0.1) is 5.39 Å². The molecule has 2 aromatic heterocycles. The number of benzene rings is 1. The second-order valence-corrected chi connectivity index (χ2v) is 5.45. The average molecular weight is 326 g/mol. The number of H-pyrrole nitrogens is 1. The van der Waals surface area contributed by atoms with Crippen LogP contribution in [0.3, 0.4) is 0 Å². The number of fused-ring (bicyclic) bond motifs is 3. The molecule has 0 aliphatic rings. The lowest BCUT2D eigenvalue weighted by Gasteiger charge is -2.07. The molecule has 2 heterocycles. The quantitative estimate of drug-likeness (QED) is 0.544. The summed E-state index contributed by atoms with van der Waals surface area (Å²) in [4.78, 5) is 11.9. The van der Waals surface area contributed by atoms with Crippen LogP contribution in [0.15, 0.2) is 55.2 Å². The lowest BCUT2D eigenvalue weighted by Crippen LogP contribution is -1.99. The molecule has 0 aliphatic carbocycles. The summed E-state index contributed by atoms with van der Waals surface area (Å²) in [5.74, 6) is 1.38. The summed E-state index contributed by atoms with van der Waals surface area (Å²) in [6.07, 6.45) is 5.33. The molecule has 1 aromatic carbocycles. The summed E-state index contributed by atoms with van der Waals surface area (Å²) in [5.41, 5.74) is 2.63. The van der Waals surface area contributed by atoms with Crippen molar-refractivity contribution in [1.82, 2.24) is 15.0 Å². The van der Waals surface area contributed by atoms with E-state index in [1.807, 2.05) is 31.2 Å². The van der Waals surface area contributed by atoms with Gasteiger partial charge in [-0.15, -0.1) is 0 Å². The lowest BCUT2D eigenvalue weighted by molar-refractivity contribution is 0.356. The molecule has 0 radical (unpaired) electrons. The van der Waals surface area contributed by atoms with Crippen LogP contribution in [0, 0.1) is 6.92 Å². The van der Waals surface area contributed by atoms with E-state index in [-0.39, 0.29) is 0 Å². The molecule has 0 saturated heterocycles. The minimum Gasteiger partial charge on any atom is -0.489 e. The first-order valence-corrected chi connectivity index (χ1v) is 7.52. The number of ether oxygens (including phenoxy) is 1. The van der Waals surface area contributed by atoms with Gasteiger partial charge in [0.1, 0.15) is 29.0 Å². The van der Waals surface area contributed by atoms with Crippen LogP contribution in [-0.2, 0) is 0 Å². The number of allylic oxidation sites excluding steroid dienone is 2. The first-order chi connectivity index (χ1) is 11.1. The van der Waals surface area contributed by atoms with E-state index in [2.05, 4.69) is 28.1 Å². The summed E-state index contributed by atoms with van der Waals surface area (Å²) in [6, 6.07) is 5.79. The van der Waals surface area contributed by atoms with Crippen LogP contribution in [0.5, 0.6) is 5.75 Å². The number of hydrogen-bond acceptors (Lipinski definition) is 3. The zero-order chi connectivity index (χ0) is 16.4. The molecule has 116 valence electrons. The van der Waals surface area contributed by atoms with Crippen LogP contribution in [-0.4, -0.2) is 21.6 Å². The molecule has 0 unspecified atom stereocenters. The summed E-state index contributed by atoms with van der Waals surface area (Å²) in [6.45, 7) is 9.67. The molecule has 5 heteroatoms. The van der Waals surface area contributed by atoms with Crippen molar-refractivity contribution >= 4 is 33.5 Å². The van der Waals surface area contributed by atoms with Crippen molar-refractivity contribution in [2.24, 2.45) is 0 Å². The molecule has 3 rings (SSSR count). The van der Waals surface area contributed by atoms with E-state index in [0.29, 0.717) is 17.6 Å². The number of nitrogens with zero attached hydrogens (tertiary/aromatic N) is 2. The molecule has 0 fully saturated rings. The van der Waals surface area contributed by atoms with Crippen molar-refractivity contribution in [2.75, 3.05) is 6.61 Å². The third kappa shape index (κ3) is 2.98. The topological polar surface area (TPSA) is 50.8 Å². The Kier molecular flexibility index (Phi) is 4.17. The number of aryl methyl sites for hydroxylation is 1. The molecular weight excluding hydrogens is 310 g/mol. The fourth-order valence-corrected chi connectivity index (χ4v) is 2.73. The molecule has 0 bridgehead atoms. The Hall–Kier alpha value is -2.59. The summed E-state index contributed by atoms with van der Waals surface area (Å²) >= 11 is 6.28. The van der Waals surface area contributed by atoms with Gasteiger partial charge in [-0.05, 0) is 30.7 Å². The van der Waals surface area contributed by atoms with Gasteiger partial charge in [0.2, 0.25) is 0 Å². The van der Waals surface area contributed by atoms with Crippen molar-refractivity contribution < 1.29 is 4.74 Å². The number of aromatic amines is 1. The van der Waals surface area contributed by atoms with Gasteiger partial charge in [-0.25, -0.2) is 9.97 Å². The molecule has 0 aliphatic heterocycles. The Bertz CT molecular complexity index is 940. The standard InChI is InChI=1S/C18H16ClN3O/c1-4-6-12(5-2)10-23-13-7-8-15-14(9-13)16-17(19)20-11(3)21-18(16)22-15/h4-9H,1-2,10H2,3H3,(H,20,21,22)/b12-6+. The highest BCUT2D eigenvalue weighted by Crippen LogP contribution is 2.31. The number of nitrogens with one attached hydrogen (secondary N) is 1. The largest absolute Gasteiger partial charge is 0.489 e. The third-order valence-corrected chi connectivity index (χ3v) is 3.76. The monoisotopic (exact) mass is 325 g/mol. The Morgan fingerprint density at radius 1 is 1.35 bits per heavy atom. The zero-order valence-electron chi connectivity index (χ0n) is 12.8. The maximum atomic E-state index is 6.28. The van der Waals surface area contributed by atoms with Gasteiger partial charge in [-0.3, -0.25) is 0 Å². The van der Waals surface area contributed by atoms with Crippen LogP contribution >= 0.6 is 11.6 Å². The van der Waals surface area contributed by atoms with Crippen molar-refractivity contribution in [1.29, 1.82) is 0 Å². The van der Waals surface area contributed by atoms with E-state index < -0.39 is 0 Å². The van der Waals surface area contributed by atoms with E-state index in [1.54, 1.807) is 12.2 Å². The number of rotatable bonds is 5. The van der Waals surface area contributed by atoms with Gasteiger partial charge in [0.25, 0.3) is 0 Å². The zero-order valence-corrected chi connectivity index (χ0v) is 13.5. The third-order valence-electron chi connectivity index (χ3n) is 3.49. The molecule has 0 spiro atoms. The highest BCUT2D eigenvalue weighted by Gasteiger charge is 2.12. The van der Waals surface area contributed by atoms with Gasteiger partial charge in [-0.2, -0.15) is 0 Å². The summed E-state index contributed by atoms with van der Waals surface area (Å²) in [5, 5.41) is 2.19. The minimum absolute atomic E-state index is 0.423. The minimum atomic E-state index is 0.423. The van der Waals surface area contributed by atoms with Gasteiger partial charge in [-0.1, -0.05) is 43.0 Å². The normalized spacial score (nSPS) is 11.8. The van der Waals surface area contributed by atoms with Gasteiger partial charge in [0, 0.05) is 10.9 Å². The Morgan fingerprint density at radius 3 is 2.91 bits per heavy atom. The van der Waals surface area contributed by atoms with Gasteiger partial charge >= 0.3 is 0 Å². The fourth-order valence-electron chi connectivity index (χ4n) is 2.42. The fraction of sp³-hybridized carbons (Fsp3) is 0.111. The summed E-state index contributed by atoms with van der Waals surface area (Å²) in [7, 11) is 0. The van der Waals surface area contributed by atoms with Gasteiger partial charge in [0.15, 0.2) is 0 Å². The first-order valence-electron chi connectivity index (χ1n) is 7.14. The second kappa shape index (κ2) is 6.26. The molecule has 1 N–H and O–H groups in total. The van der Waals surface area contributed by atoms with Gasteiger partial charge < -0.3 is 9.72 Å². The van der Waals surface area contributed by atoms with E-state index in [0.717, 1.165) is 33.3 Å². The van der Waals surface area contributed by atoms with Crippen molar-refractivity contribution in [3.63, 3.8) is 0 Å². The Labute approximate surface area is 139 Å². The SMILES string of the molecule is C=C/C=C(\C=C)COc1ccc2[nH]c3nc(C)nc(Cl)c3c2c1. The van der Waals surface area contributed by atoms with Crippen LogP contribution in [0.25, 0.3) is 21.9 Å². The lowest BCUT2D eigenvalue weighted by atomic mass is 10.2. The highest BCUT2D eigenvalue weighted by molar-refractivity contribution is 6.36. The number of aromatic nitrogens is 3. The van der Waals surface area contributed by atoms with Crippen LogP contribution in [0.1, 0.15) is 5.82 Å². The molecule has 0 amide bonds. The van der Waals surface area contributed by atoms with Crippen molar-refractivity contribution in [3.8, 4) is 5.75 Å². The molecule has 0 atom stereocenters. The van der Waals surface area contributed by atoms with Crippen molar-refractivity contribution in [2.45, 2.75) is 6.92 Å². The number of hydrogen-bond donors (Lipinski definition) is 1. The predicted octanol–water partition coefficient (Wildman–Crippen LogP) is 4.75. The first kappa shape index (κ1) is 15.3. The van der Waals surface area contributed by atoms with Crippen LogP contribution in [0.4, 0.5) is 0 Å². The molecule has 23 heavy (non-hydrogen) atoms. The van der Waals surface area contributed by atoms with E-state index in [4.69, 9.17) is 16.3 Å². The predicted molar refractivity (Wildman–Crippen MR) is 95.1 cm³/mol. The van der Waals surface area contributed by atoms with Crippen LogP contribution in [0.2, 0.25) is 5.15 Å². The second-order valence-electron chi connectivity index (χ2n) is 5.09. The van der Waals surface area contributed by atoms with E-state index >= 15 is 0 Å². The average Bonchev–Trinajstić information content (AvgIpc) is 2.88.